The number of amides is 1. The van der Waals surface area contributed by atoms with E-state index in [1.54, 1.807) is 6.07 Å². The Kier molecular flexibility index (Phi) is 4.24. The standard InChI is InChI=1S/C11H9BrF3NO3/c1-10(9(18)19,11(13,14)15)16-8(17)6-4-2-3-5-7(6)12/h2-5H,1H3,(H,16,17)(H,18,19). The van der Waals surface area contributed by atoms with Crippen molar-refractivity contribution < 1.29 is 27.9 Å². The smallest absolute Gasteiger partial charge is 0.422 e. The zero-order valence-electron chi connectivity index (χ0n) is 9.58. The van der Waals surface area contributed by atoms with E-state index in [9.17, 15) is 22.8 Å². The van der Waals surface area contributed by atoms with Crippen molar-refractivity contribution in [1.82, 2.24) is 5.32 Å². The summed E-state index contributed by atoms with van der Waals surface area (Å²) in [6, 6.07) is 5.76. The molecular weight excluding hydrogens is 331 g/mol. The number of benzene rings is 1. The molecule has 8 heteroatoms. The van der Waals surface area contributed by atoms with Crippen molar-refractivity contribution in [2.24, 2.45) is 0 Å². The summed E-state index contributed by atoms with van der Waals surface area (Å²) in [5.74, 6) is -3.31. The minimum absolute atomic E-state index is 0.0841. The van der Waals surface area contributed by atoms with Crippen LogP contribution < -0.4 is 5.32 Å². The fraction of sp³-hybridized carbons (Fsp3) is 0.273. The number of hydrogen-bond acceptors (Lipinski definition) is 2. The number of carbonyl (C=O) groups is 2. The van der Waals surface area contributed by atoms with Gasteiger partial charge in [0.2, 0.25) is 5.54 Å². The number of halogens is 4. The van der Waals surface area contributed by atoms with Crippen molar-refractivity contribution in [2.75, 3.05) is 0 Å². The highest BCUT2D eigenvalue weighted by Gasteiger charge is 2.58. The number of carboxylic acids is 1. The van der Waals surface area contributed by atoms with Crippen molar-refractivity contribution in [3.63, 3.8) is 0 Å². The molecule has 1 atom stereocenters. The Morgan fingerprint density at radius 1 is 1.26 bits per heavy atom. The molecule has 0 aliphatic heterocycles. The summed E-state index contributed by atoms with van der Waals surface area (Å²) in [6.45, 7) is 0.393. The van der Waals surface area contributed by atoms with E-state index in [1.807, 2.05) is 0 Å². The molecule has 4 nitrogen and oxygen atoms in total. The van der Waals surface area contributed by atoms with Crippen molar-refractivity contribution in [3.05, 3.63) is 34.3 Å². The Bertz CT molecular complexity index is 518. The topological polar surface area (TPSA) is 66.4 Å². The van der Waals surface area contributed by atoms with Gasteiger partial charge in [0.1, 0.15) is 0 Å². The van der Waals surface area contributed by atoms with Crippen LogP contribution in [0.3, 0.4) is 0 Å². The molecule has 0 spiro atoms. The summed E-state index contributed by atoms with van der Waals surface area (Å²) < 4.78 is 38.4. The van der Waals surface area contributed by atoms with E-state index in [-0.39, 0.29) is 10.0 Å². The number of rotatable bonds is 3. The van der Waals surface area contributed by atoms with E-state index in [1.165, 1.54) is 23.5 Å². The van der Waals surface area contributed by atoms with Gasteiger partial charge < -0.3 is 10.4 Å². The van der Waals surface area contributed by atoms with E-state index in [2.05, 4.69) is 15.9 Å². The Labute approximate surface area is 114 Å². The summed E-state index contributed by atoms with van der Waals surface area (Å²) in [5.41, 5.74) is -3.43. The fourth-order valence-corrected chi connectivity index (χ4v) is 1.65. The largest absolute Gasteiger partial charge is 0.479 e. The van der Waals surface area contributed by atoms with E-state index in [4.69, 9.17) is 5.11 Å². The number of nitrogens with one attached hydrogen (secondary N) is 1. The van der Waals surface area contributed by atoms with Crippen LogP contribution in [0.25, 0.3) is 0 Å². The van der Waals surface area contributed by atoms with Crippen LogP contribution in [-0.2, 0) is 4.79 Å². The van der Waals surface area contributed by atoms with Crippen molar-refractivity contribution in [2.45, 2.75) is 18.6 Å². The molecule has 0 saturated carbocycles. The third-order valence-electron chi connectivity index (χ3n) is 2.48. The molecule has 1 amide bonds. The lowest BCUT2D eigenvalue weighted by molar-refractivity contribution is -0.203. The molecule has 1 aromatic rings. The quantitative estimate of drug-likeness (QED) is 0.889. The van der Waals surface area contributed by atoms with Crippen LogP contribution in [0.15, 0.2) is 28.7 Å². The monoisotopic (exact) mass is 339 g/mol. The molecule has 0 aliphatic carbocycles. The van der Waals surface area contributed by atoms with Gasteiger partial charge in [-0.2, -0.15) is 13.2 Å². The van der Waals surface area contributed by atoms with Gasteiger partial charge in [-0.25, -0.2) is 4.79 Å². The van der Waals surface area contributed by atoms with Gasteiger partial charge in [-0.3, -0.25) is 4.79 Å². The molecule has 0 radical (unpaired) electrons. The summed E-state index contributed by atoms with van der Waals surface area (Å²) in [6.07, 6.45) is -5.12. The van der Waals surface area contributed by atoms with E-state index < -0.39 is 23.6 Å². The highest BCUT2D eigenvalue weighted by Crippen LogP contribution is 2.31. The second kappa shape index (κ2) is 5.20. The molecule has 1 unspecified atom stereocenters. The minimum atomic E-state index is -5.12. The van der Waals surface area contributed by atoms with E-state index in [0.29, 0.717) is 6.92 Å². The first kappa shape index (κ1) is 15.5. The molecule has 0 saturated heterocycles. The molecule has 2 N–H and O–H groups in total. The van der Waals surface area contributed by atoms with Crippen LogP contribution in [0.5, 0.6) is 0 Å². The number of carbonyl (C=O) groups excluding carboxylic acids is 1. The van der Waals surface area contributed by atoms with Crippen LogP contribution in [0.4, 0.5) is 13.2 Å². The van der Waals surface area contributed by atoms with E-state index in [0.717, 1.165) is 0 Å². The van der Waals surface area contributed by atoms with Gasteiger partial charge in [0.25, 0.3) is 5.91 Å². The second-order valence-electron chi connectivity index (χ2n) is 3.86. The predicted molar refractivity (Wildman–Crippen MR) is 63.7 cm³/mol. The van der Waals surface area contributed by atoms with Crippen molar-refractivity contribution in [1.29, 1.82) is 0 Å². The number of alkyl halides is 3. The first-order valence-corrected chi connectivity index (χ1v) is 5.76. The average Bonchev–Trinajstić information content (AvgIpc) is 2.27. The van der Waals surface area contributed by atoms with Gasteiger partial charge >= 0.3 is 12.1 Å². The van der Waals surface area contributed by atoms with Crippen LogP contribution >= 0.6 is 15.9 Å². The molecule has 104 valence electrons. The lowest BCUT2D eigenvalue weighted by atomic mass is 10.0. The highest BCUT2D eigenvalue weighted by atomic mass is 79.9. The van der Waals surface area contributed by atoms with Gasteiger partial charge in [-0.15, -0.1) is 0 Å². The lowest BCUT2D eigenvalue weighted by Gasteiger charge is -2.28. The molecule has 0 aliphatic rings. The SMILES string of the molecule is CC(NC(=O)c1ccccc1Br)(C(=O)O)C(F)(F)F. The normalized spacial score (nSPS) is 14.6. The maximum absolute atomic E-state index is 12.7. The number of aliphatic carboxylic acids is 1. The molecule has 0 aromatic heterocycles. The first-order valence-electron chi connectivity index (χ1n) is 4.97. The average molecular weight is 340 g/mol. The Morgan fingerprint density at radius 3 is 2.21 bits per heavy atom. The summed E-state index contributed by atoms with van der Waals surface area (Å²) in [5, 5.41) is 10.2. The van der Waals surface area contributed by atoms with Gasteiger partial charge in [0.05, 0.1) is 5.56 Å². The van der Waals surface area contributed by atoms with Crippen LogP contribution in [0.2, 0.25) is 0 Å². The van der Waals surface area contributed by atoms with Crippen molar-refractivity contribution >= 4 is 27.8 Å². The van der Waals surface area contributed by atoms with Gasteiger partial charge in [0.15, 0.2) is 0 Å². The second-order valence-corrected chi connectivity index (χ2v) is 4.72. The summed E-state index contributed by atoms with van der Waals surface area (Å²) in [4.78, 5) is 22.5. The zero-order valence-corrected chi connectivity index (χ0v) is 11.2. The third kappa shape index (κ3) is 3.06. The van der Waals surface area contributed by atoms with Crippen LogP contribution in [-0.4, -0.2) is 28.7 Å². The first-order chi connectivity index (χ1) is 8.59. The maximum atomic E-state index is 12.7. The zero-order chi connectivity index (χ0) is 14.8. The van der Waals surface area contributed by atoms with Crippen LogP contribution in [0, 0.1) is 0 Å². The Morgan fingerprint density at radius 2 is 1.79 bits per heavy atom. The fourth-order valence-electron chi connectivity index (χ4n) is 1.19. The molecule has 0 bridgehead atoms. The van der Waals surface area contributed by atoms with Crippen molar-refractivity contribution in [3.8, 4) is 0 Å². The van der Waals surface area contributed by atoms with Gasteiger partial charge in [-0.1, -0.05) is 12.1 Å². The molecule has 0 fully saturated rings. The van der Waals surface area contributed by atoms with Crippen LogP contribution in [0.1, 0.15) is 17.3 Å². The molecule has 0 heterocycles. The minimum Gasteiger partial charge on any atom is -0.479 e. The number of carboxylic acid groups (broad SMARTS) is 1. The molecule has 19 heavy (non-hydrogen) atoms. The third-order valence-corrected chi connectivity index (χ3v) is 3.17. The molecular formula is C11H9BrF3NO3. The Balaban J connectivity index is 3.10. The molecule has 1 aromatic carbocycles. The predicted octanol–water partition coefficient (Wildman–Crippen LogP) is 2.58. The maximum Gasteiger partial charge on any atom is 0.422 e. The van der Waals surface area contributed by atoms with Gasteiger partial charge in [0, 0.05) is 4.47 Å². The lowest BCUT2D eigenvalue weighted by Crippen LogP contribution is -2.61. The number of hydrogen-bond donors (Lipinski definition) is 2. The summed E-state index contributed by atoms with van der Waals surface area (Å²) >= 11 is 3.00. The van der Waals surface area contributed by atoms with E-state index >= 15 is 0 Å². The highest BCUT2D eigenvalue weighted by molar-refractivity contribution is 9.10. The molecule has 1 rings (SSSR count). The van der Waals surface area contributed by atoms with Gasteiger partial charge in [-0.05, 0) is 35.0 Å². The Hall–Kier alpha value is -1.57. The summed E-state index contributed by atoms with van der Waals surface area (Å²) in [7, 11) is 0.